The fourth-order valence-corrected chi connectivity index (χ4v) is 2.85. The summed E-state index contributed by atoms with van der Waals surface area (Å²) in [6.07, 6.45) is 5.26. The lowest BCUT2D eigenvalue weighted by Crippen LogP contribution is -2.13. The van der Waals surface area contributed by atoms with Gasteiger partial charge in [-0.2, -0.15) is 0 Å². The zero-order chi connectivity index (χ0) is 17.8. The minimum absolute atomic E-state index is 0.142. The molecule has 0 spiro atoms. The molecule has 1 amide bonds. The molecule has 1 heterocycles. The minimum Gasteiger partial charge on any atom is -0.320 e. The maximum Gasteiger partial charge on any atom is 0.255 e. The molecule has 0 radical (unpaired) electrons. The van der Waals surface area contributed by atoms with E-state index in [1.54, 1.807) is 12.5 Å². The van der Waals surface area contributed by atoms with Crippen molar-refractivity contribution >= 4 is 11.6 Å². The number of rotatable bonds is 4. The fraction of sp³-hybridized carbons (Fsp3) is 0. The van der Waals surface area contributed by atoms with E-state index in [1.165, 1.54) is 0 Å². The molecular formula is C22H17N3O. The van der Waals surface area contributed by atoms with Gasteiger partial charge in [-0.05, 0) is 35.4 Å². The van der Waals surface area contributed by atoms with Crippen LogP contribution in [0.15, 0.2) is 97.6 Å². The average Bonchev–Trinajstić information content (AvgIpc) is 3.24. The average molecular weight is 339 g/mol. The summed E-state index contributed by atoms with van der Waals surface area (Å²) in [6, 6.07) is 25.4. The molecule has 3 aromatic carbocycles. The number of carbonyl (C=O) groups excluding carboxylic acids is 1. The smallest absolute Gasteiger partial charge is 0.255 e. The predicted molar refractivity (Wildman–Crippen MR) is 103 cm³/mol. The first-order chi connectivity index (χ1) is 12.8. The van der Waals surface area contributed by atoms with E-state index >= 15 is 0 Å². The monoisotopic (exact) mass is 339 g/mol. The summed E-state index contributed by atoms with van der Waals surface area (Å²) in [5.74, 6) is -0.142. The summed E-state index contributed by atoms with van der Waals surface area (Å²) in [5.41, 5.74) is 4.44. The standard InChI is InChI=1S/C22H17N3O/c26-22(19-12-10-18(11-13-19)17-6-2-1-3-7-17)24-20-8-4-5-9-21(20)25-15-14-23-16-25/h1-16H,(H,24,26). The molecule has 1 N–H and O–H groups in total. The van der Waals surface area contributed by atoms with Crippen LogP contribution in [0.4, 0.5) is 5.69 Å². The molecule has 4 rings (SSSR count). The largest absolute Gasteiger partial charge is 0.320 e. The highest BCUT2D eigenvalue weighted by Gasteiger charge is 2.10. The number of hydrogen-bond acceptors (Lipinski definition) is 2. The lowest BCUT2D eigenvalue weighted by atomic mass is 10.0. The summed E-state index contributed by atoms with van der Waals surface area (Å²) in [4.78, 5) is 16.7. The number of nitrogens with zero attached hydrogens (tertiary/aromatic N) is 2. The lowest BCUT2D eigenvalue weighted by Gasteiger charge is -2.12. The number of nitrogens with one attached hydrogen (secondary N) is 1. The van der Waals surface area contributed by atoms with Crippen molar-refractivity contribution in [1.82, 2.24) is 9.55 Å². The van der Waals surface area contributed by atoms with Crippen molar-refractivity contribution in [3.05, 3.63) is 103 Å². The molecule has 0 atom stereocenters. The highest BCUT2D eigenvalue weighted by Crippen LogP contribution is 2.22. The zero-order valence-corrected chi connectivity index (χ0v) is 14.0. The van der Waals surface area contributed by atoms with Gasteiger partial charge in [0.05, 0.1) is 17.7 Å². The van der Waals surface area contributed by atoms with Gasteiger partial charge in [0.2, 0.25) is 0 Å². The van der Waals surface area contributed by atoms with Crippen LogP contribution >= 0.6 is 0 Å². The summed E-state index contributed by atoms with van der Waals surface area (Å²) < 4.78 is 1.87. The molecule has 26 heavy (non-hydrogen) atoms. The first kappa shape index (κ1) is 15.8. The Morgan fingerprint density at radius 1 is 0.808 bits per heavy atom. The van der Waals surface area contributed by atoms with E-state index in [9.17, 15) is 4.79 Å². The molecule has 126 valence electrons. The predicted octanol–water partition coefficient (Wildman–Crippen LogP) is 4.79. The van der Waals surface area contributed by atoms with Crippen molar-refractivity contribution in [3.8, 4) is 16.8 Å². The summed E-state index contributed by atoms with van der Waals surface area (Å²) in [6.45, 7) is 0. The van der Waals surface area contributed by atoms with Crippen LogP contribution in [0.1, 0.15) is 10.4 Å². The maximum atomic E-state index is 12.6. The Morgan fingerprint density at radius 2 is 1.50 bits per heavy atom. The number of anilines is 1. The fourth-order valence-electron chi connectivity index (χ4n) is 2.85. The van der Waals surface area contributed by atoms with Crippen LogP contribution in [0, 0.1) is 0 Å². The molecule has 0 unspecified atom stereocenters. The first-order valence-electron chi connectivity index (χ1n) is 8.35. The third-order valence-electron chi connectivity index (χ3n) is 4.19. The van der Waals surface area contributed by atoms with Crippen LogP contribution in [0.3, 0.4) is 0 Å². The second-order valence-corrected chi connectivity index (χ2v) is 5.88. The molecule has 0 saturated carbocycles. The number of para-hydroxylation sites is 2. The van der Waals surface area contributed by atoms with Crippen molar-refractivity contribution in [2.24, 2.45) is 0 Å². The number of aromatic nitrogens is 2. The molecule has 0 fully saturated rings. The van der Waals surface area contributed by atoms with Gasteiger partial charge in [-0.15, -0.1) is 0 Å². The van der Waals surface area contributed by atoms with Crippen molar-refractivity contribution in [1.29, 1.82) is 0 Å². The van der Waals surface area contributed by atoms with Crippen molar-refractivity contribution in [2.45, 2.75) is 0 Å². The van der Waals surface area contributed by atoms with Crippen LogP contribution < -0.4 is 5.32 Å². The van der Waals surface area contributed by atoms with Crippen molar-refractivity contribution in [3.63, 3.8) is 0 Å². The number of carbonyl (C=O) groups is 1. The normalized spacial score (nSPS) is 10.5. The van der Waals surface area contributed by atoms with Gasteiger partial charge in [-0.25, -0.2) is 4.98 Å². The van der Waals surface area contributed by atoms with Crippen LogP contribution in [0.5, 0.6) is 0 Å². The van der Waals surface area contributed by atoms with Gasteiger partial charge in [-0.3, -0.25) is 4.79 Å². The molecule has 0 saturated heterocycles. The first-order valence-corrected chi connectivity index (χ1v) is 8.35. The third kappa shape index (κ3) is 3.26. The highest BCUT2D eigenvalue weighted by molar-refractivity contribution is 6.05. The highest BCUT2D eigenvalue weighted by atomic mass is 16.1. The number of amides is 1. The van der Waals surface area contributed by atoms with Crippen molar-refractivity contribution in [2.75, 3.05) is 5.32 Å². The Morgan fingerprint density at radius 3 is 2.23 bits per heavy atom. The molecule has 0 aliphatic rings. The Balaban J connectivity index is 1.56. The van der Waals surface area contributed by atoms with Gasteiger partial charge in [0.15, 0.2) is 0 Å². The van der Waals surface area contributed by atoms with Gasteiger partial charge >= 0.3 is 0 Å². The van der Waals surface area contributed by atoms with E-state index in [2.05, 4.69) is 22.4 Å². The molecule has 4 heteroatoms. The molecule has 0 aliphatic heterocycles. The molecule has 4 nitrogen and oxygen atoms in total. The molecule has 0 aliphatic carbocycles. The van der Waals surface area contributed by atoms with Gasteiger partial charge in [0, 0.05) is 18.0 Å². The van der Waals surface area contributed by atoms with Crippen LogP contribution in [-0.4, -0.2) is 15.5 Å². The van der Waals surface area contributed by atoms with E-state index in [0.717, 1.165) is 22.5 Å². The number of hydrogen-bond donors (Lipinski definition) is 1. The second kappa shape index (κ2) is 7.07. The lowest BCUT2D eigenvalue weighted by molar-refractivity contribution is 0.102. The van der Waals surface area contributed by atoms with E-state index in [1.807, 2.05) is 77.5 Å². The summed E-state index contributed by atoms with van der Waals surface area (Å²) in [5, 5.41) is 2.99. The Labute approximate surface area is 151 Å². The Bertz CT molecular complexity index is 1010. The molecule has 1 aromatic heterocycles. The Kier molecular flexibility index (Phi) is 4.31. The quantitative estimate of drug-likeness (QED) is 0.581. The Hall–Kier alpha value is -3.66. The van der Waals surface area contributed by atoms with Crippen LogP contribution in [0.2, 0.25) is 0 Å². The molecule has 0 bridgehead atoms. The topological polar surface area (TPSA) is 46.9 Å². The maximum absolute atomic E-state index is 12.6. The minimum atomic E-state index is -0.142. The van der Waals surface area contributed by atoms with Gasteiger partial charge in [-0.1, -0.05) is 54.6 Å². The van der Waals surface area contributed by atoms with Gasteiger partial charge < -0.3 is 9.88 Å². The van der Waals surface area contributed by atoms with Gasteiger partial charge in [0.25, 0.3) is 5.91 Å². The number of imidazole rings is 1. The summed E-state index contributed by atoms with van der Waals surface area (Å²) >= 11 is 0. The SMILES string of the molecule is O=C(Nc1ccccc1-n1ccnc1)c1ccc(-c2ccccc2)cc1. The van der Waals surface area contributed by atoms with Crippen molar-refractivity contribution < 1.29 is 4.79 Å². The summed E-state index contributed by atoms with van der Waals surface area (Å²) in [7, 11) is 0. The van der Waals surface area contributed by atoms with Gasteiger partial charge in [0.1, 0.15) is 0 Å². The van der Waals surface area contributed by atoms with E-state index in [4.69, 9.17) is 0 Å². The van der Waals surface area contributed by atoms with E-state index < -0.39 is 0 Å². The van der Waals surface area contributed by atoms with Crippen LogP contribution in [0.25, 0.3) is 16.8 Å². The third-order valence-corrected chi connectivity index (χ3v) is 4.19. The second-order valence-electron chi connectivity index (χ2n) is 5.88. The number of benzene rings is 3. The molecule has 4 aromatic rings. The van der Waals surface area contributed by atoms with E-state index in [-0.39, 0.29) is 5.91 Å². The van der Waals surface area contributed by atoms with Crippen LogP contribution in [-0.2, 0) is 0 Å². The molecular weight excluding hydrogens is 322 g/mol. The van der Waals surface area contributed by atoms with E-state index in [0.29, 0.717) is 5.56 Å². The zero-order valence-electron chi connectivity index (χ0n) is 14.0.